The zero-order valence-corrected chi connectivity index (χ0v) is 35.5. The zero-order valence-electron chi connectivity index (χ0n) is 33.7. The van der Waals surface area contributed by atoms with E-state index in [1.807, 2.05) is 6.08 Å². The lowest BCUT2D eigenvalue weighted by molar-refractivity contribution is -0.161. The van der Waals surface area contributed by atoms with E-state index in [9.17, 15) is 44.0 Å². The summed E-state index contributed by atoms with van der Waals surface area (Å²) >= 11 is 0. The van der Waals surface area contributed by atoms with E-state index in [0.717, 1.165) is 57.8 Å². The number of hydrogen-bond donors (Lipinski definition) is 7. The van der Waals surface area contributed by atoms with Crippen LogP contribution in [-0.2, 0) is 41.8 Å². The number of carbonyl (C=O) groups excluding carboxylic acids is 2. The molecule has 16 nitrogen and oxygen atoms in total. The van der Waals surface area contributed by atoms with E-state index in [1.54, 1.807) is 6.08 Å². The molecule has 0 radical (unpaired) electrons. The van der Waals surface area contributed by atoms with Crippen LogP contribution in [0.5, 0.6) is 0 Å². The molecule has 1 aliphatic carbocycles. The van der Waals surface area contributed by atoms with Crippen molar-refractivity contribution in [3.05, 3.63) is 12.2 Å². The van der Waals surface area contributed by atoms with E-state index >= 15 is 0 Å². The lowest BCUT2D eigenvalue weighted by Crippen LogP contribution is -2.30. The van der Waals surface area contributed by atoms with Gasteiger partial charge < -0.3 is 44.6 Å². The number of ether oxygens (including phenoxy) is 2. The van der Waals surface area contributed by atoms with E-state index in [2.05, 4.69) is 29.8 Å². The van der Waals surface area contributed by atoms with Crippen molar-refractivity contribution in [1.82, 2.24) is 0 Å². The fourth-order valence-electron chi connectivity index (χ4n) is 6.51. The smallest absolute Gasteiger partial charge is 0.462 e. The molecule has 1 fully saturated rings. The third-order valence-corrected chi connectivity index (χ3v) is 11.1. The summed E-state index contributed by atoms with van der Waals surface area (Å²) in [6, 6.07) is 0. The van der Waals surface area contributed by atoms with E-state index in [1.165, 1.54) is 12.8 Å². The van der Waals surface area contributed by atoms with Crippen LogP contribution in [0.25, 0.3) is 0 Å². The highest BCUT2D eigenvalue weighted by Gasteiger charge is 2.39. The standard InChI is InChI=1S/C38H72O16P2/c1-4-5-12-18-30(39)22-23-34-33(35(41)24-36(34)42)19-14-10-11-16-21-38(44)54-32(27-50-37(43)20-15-9-7-6-8-13-17-29(2)3)28-53-56(48,49)52-26-31(40)25-51-55(45,46)47/h22-23,29-36,39-42H,4-21,24-28H2,1-3H3,(H,48,49)(H2,45,46,47)/b23-22+/t30-,31-,32+,33+,34+,35-,36+/m0/s1. The zero-order chi connectivity index (χ0) is 42.0. The van der Waals surface area contributed by atoms with Crippen molar-refractivity contribution < 1.29 is 76.9 Å². The number of esters is 2. The Kier molecular flexibility index (Phi) is 28.1. The number of hydrogen-bond acceptors (Lipinski definition) is 13. The Hall–Kier alpha value is -1.26. The summed E-state index contributed by atoms with van der Waals surface area (Å²) in [5.41, 5.74) is 0. The van der Waals surface area contributed by atoms with Crippen LogP contribution in [0.1, 0.15) is 143 Å². The topological polar surface area (TPSA) is 256 Å². The summed E-state index contributed by atoms with van der Waals surface area (Å²) < 4.78 is 47.6. The second-order valence-corrected chi connectivity index (χ2v) is 18.1. The Bertz CT molecular complexity index is 1180. The van der Waals surface area contributed by atoms with Crippen molar-refractivity contribution >= 4 is 27.6 Å². The first-order valence-corrected chi connectivity index (χ1v) is 23.5. The molecule has 0 bridgehead atoms. The summed E-state index contributed by atoms with van der Waals surface area (Å²) in [5.74, 6) is -0.879. The molecule has 0 heterocycles. The SMILES string of the molecule is CCCCC[C@H](O)/C=C/[C@@H]1[C@@H](CCCCCCC(=O)O[C@H](COC(=O)CCCCCCCCC(C)C)COP(=O)(O)OC[C@@H](O)COP(=O)(O)O)[C@@H](O)C[C@H]1O. The molecule has 1 unspecified atom stereocenters. The highest BCUT2D eigenvalue weighted by molar-refractivity contribution is 7.47. The normalized spacial score (nSPS) is 21.6. The van der Waals surface area contributed by atoms with Gasteiger partial charge in [-0.3, -0.25) is 23.2 Å². The number of phosphoric acid groups is 2. The molecular weight excluding hydrogens is 774 g/mol. The minimum absolute atomic E-state index is 0.00666. The molecule has 0 saturated heterocycles. The molecule has 0 aromatic heterocycles. The minimum Gasteiger partial charge on any atom is -0.462 e. The summed E-state index contributed by atoms with van der Waals surface area (Å²) in [5, 5.41) is 41.1. The number of carbonyl (C=O) groups is 2. The fraction of sp³-hybridized carbons (Fsp3) is 0.895. The van der Waals surface area contributed by atoms with Crippen molar-refractivity contribution in [2.24, 2.45) is 17.8 Å². The van der Waals surface area contributed by atoms with Crippen LogP contribution in [0.4, 0.5) is 0 Å². The molecule has 1 saturated carbocycles. The van der Waals surface area contributed by atoms with Crippen LogP contribution in [0.15, 0.2) is 12.2 Å². The van der Waals surface area contributed by atoms with Crippen LogP contribution in [-0.4, -0.2) is 104 Å². The second kappa shape index (κ2) is 29.9. The summed E-state index contributed by atoms with van der Waals surface area (Å²) in [7, 11) is -9.75. The number of phosphoric ester groups is 2. The maximum atomic E-state index is 12.7. The number of aliphatic hydroxyl groups is 4. The summed E-state index contributed by atoms with van der Waals surface area (Å²) in [6.45, 7) is 3.60. The molecule has 18 heteroatoms. The van der Waals surface area contributed by atoms with Gasteiger partial charge in [-0.25, -0.2) is 9.13 Å². The first-order chi connectivity index (χ1) is 26.4. The average molecular weight is 847 g/mol. The Morgan fingerprint density at radius 3 is 1.93 bits per heavy atom. The first kappa shape index (κ1) is 52.8. The molecule has 0 aromatic carbocycles. The van der Waals surface area contributed by atoms with Gasteiger partial charge in [0.15, 0.2) is 6.10 Å². The molecule has 0 aliphatic heterocycles. The van der Waals surface area contributed by atoms with Crippen LogP contribution < -0.4 is 0 Å². The lowest BCUT2D eigenvalue weighted by Gasteiger charge is -2.21. The molecule has 330 valence electrons. The molecule has 1 aliphatic rings. The van der Waals surface area contributed by atoms with Crippen molar-refractivity contribution in [1.29, 1.82) is 0 Å². The Morgan fingerprint density at radius 1 is 0.714 bits per heavy atom. The van der Waals surface area contributed by atoms with Gasteiger partial charge in [0.05, 0.1) is 38.1 Å². The Labute approximate surface area is 333 Å². The van der Waals surface area contributed by atoms with Gasteiger partial charge in [0.2, 0.25) is 0 Å². The van der Waals surface area contributed by atoms with Gasteiger partial charge in [-0.2, -0.15) is 0 Å². The fourth-order valence-corrected chi connectivity index (χ4v) is 7.67. The highest BCUT2D eigenvalue weighted by Crippen LogP contribution is 2.44. The Morgan fingerprint density at radius 2 is 1.29 bits per heavy atom. The molecule has 1 rings (SSSR count). The molecule has 0 amide bonds. The van der Waals surface area contributed by atoms with Crippen molar-refractivity contribution in [3.63, 3.8) is 0 Å². The van der Waals surface area contributed by atoms with E-state index in [4.69, 9.17) is 23.8 Å². The number of rotatable bonds is 34. The first-order valence-electron chi connectivity index (χ1n) is 20.5. The molecule has 8 atom stereocenters. The predicted octanol–water partition coefficient (Wildman–Crippen LogP) is 6.02. The maximum Gasteiger partial charge on any atom is 0.472 e. The van der Waals surface area contributed by atoms with Crippen molar-refractivity contribution in [2.75, 3.05) is 26.4 Å². The molecule has 56 heavy (non-hydrogen) atoms. The predicted molar refractivity (Wildman–Crippen MR) is 209 cm³/mol. The van der Waals surface area contributed by atoms with Gasteiger partial charge in [0.1, 0.15) is 12.7 Å². The van der Waals surface area contributed by atoms with Crippen LogP contribution in [0, 0.1) is 17.8 Å². The molecule has 0 spiro atoms. The quantitative estimate of drug-likeness (QED) is 0.0169. The van der Waals surface area contributed by atoms with Gasteiger partial charge in [-0.15, -0.1) is 0 Å². The largest absolute Gasteiger partial charge is 0.472 e. The van der Waals surface area contributed by atoms with Crippen LogP contribution in [0.3, 0.4) is 0 Å². The number of aliphatic hydroxyl groups excluding tert-OH is 4. The third-order valence-electron chi connectivity index (χ3n) is 9.67. The Balaban J connectivity index is 2.58. The molecular formula is C38H72O16P2. The lowest BCUT2D eigenvalue weighted by atomic mass is 9.88. The molecule has 0 aromatic rings. The summed E-state index contributed by atoms with van der Waals surface area (Å²) in [6.07, 6.45) is 13.2. The van der Waals surface area contributed by atoms with E-state index in [-0.39, 0.29) is 31.1 Å². The second-order valence-electron chi connectivity index (χ2n) is 15.4. The van der Waals surface area contributed by atoms with Gasteiger partial charge in [-0.1, -0.05) is 110 Å². The molecule has 7 N–H and O–H groups in total. The van der Waals surface area contributed by atoms with Gasteiger partial charge in [-0.05, 0) is 37.5 Å². The van der Waals surface area contributed by atoms with Crippen LogP contribution >= 0.6 is 15.6 Å². The highest BCUT2D eigenvalue weighted by atomic mass is 31.2. The third kappa shape index (κ3) is 27.4. The average Bonchev–Trinajstić information content (AvgIpc) is 3.39. The van der Waals surface area contributed by atoms with E-state index in [0.29, 0.717) is 38.0 Å². The van der Waals surface area contributed by atoms with Gasteiger partial charge >= 0.3 is 27.6 Å². The van der Waals surface area contributed by atoms with Gasteiger partial charge in [0, 0.05) is 25.2 Å². The van der Waals surface area contributed by atoms with E-state index < -0.39 is 84.5 Å². The minimum atomic E-state index is -4.89. The monoisotopic (exact) mass is 846 g/mol. The van der Waals surface area contributed by atoms with Gasteiger partial charge in [0.25, 0.3) is 0 Å². The summed E-state index contributed by atoms with van der Waals surface area (Å²) in [4.78, 5) is 52.7. The maximum absolute atomic E-state index is 12.7. The van der Waals surface area contributed by atoms with Crippen molar-refractivity contribution in [3.8, 4) is 0 Å². The number of unbranched alkanes of at least 4 members (excludes halogenated alkanes) is 10. The van der Waals surface area contributed by atoms with Crippen molar-refractivity contribution in [2.45, 2.75) is 173 Å². The van der Waals surface area contributed by atoms with Crippen LogP contribution in [0.2, 0.25) is 0 Å².